The van der Waals surface area contributed by atoms with Crippen molar-refractivity contribution in [3.63, 3.8) is 0 Å². The molecule has 1 heterocycles. The smallest absolute Gasteiger partial charge is 0.374 e. The summed E-state index contributed by atoms with van der Waals surface area (Å²) >= 11 is 0. The van der Waals surface area contributed by atoms with E-state index in [9.17, 15) is 5.26 Å². The van der Waals surface area contributed by atoms with E-state index < -0.39 is 0 Å². The van der Waals surface area contributed by atoms with Gasteiger partial charge in [-0.25, -0.2) is 15.0 Å². The lowest BCUT2D eigenvalue weighted by atomic mass is 10.1. The Bertz CT molecular complexity index is 673. The van der Waals surface area contributed by atoms with Gasteiger partial charge in [0.05, 0.1) is 0 Å². The molecule has 0 fully saturated rings. The zero-order chi connectivity index (χ0) is 16.5. The molecule has 0 aliphatic heterocycles. The fourth-order valence-electron chi connectivity index (χ4n) is 1.79. The van der Waals surface area contributed by atoms with Gasteiger partial charge in [0.25, 0.3) is 0 Å². The fraction of sp³-hybridized carbons (Fsp3) is 0.294. The van der Waals surface area contributed by atoms with Crippen molar-refractivity contribution in [2.24, 2.45) is 0 Å². The summed E-state index contributed by atoms with van der Waals surface area (Å²) in [5.41, 5.74) is 0.962. The lowest BCUT2D eigenvalue weighted by Crippen LogP contribution is -2.05. The number of nitrogens with zero attached hydrogens (tertiary/aromatic N) is 4. The standard InChI is InChI=1S/C14H11BN4O.C2H6.CH4/c1-9-17-10(2)19-14(18-9)13(20-15)12(8-16)11-6-4-3-5-7-11;1-2;/h3-7H,1-2H3;1-2H3;1H4. The van der Waals surface area contributed by atoms with Crippen molar-refractivity contribution in [1.82, 2.24) is 15.0 Å². The van der Waals surface area contributed by atoms with Gasteiger partial charge in [-0.05, 0) is 19.4 Å². The van der Waals surface area contributed by atoms with Crippen LogP contribution in [0.15, 0.2) is 30.3 Å². The van der Waals surface area contributed by atoms with Gasteiger partial charge in [0.2, 0.25) is 0 Å². The molecule has 0 aliphatic carbocycles. The Hall–Kier alpha value is -2.68. The Morgan fingerprint density at radius 2 is 1.57 bits per heavy atom. The number of rotatable bonds is 3. The van der Waals surface area contributed by atoms with Crippen LogP contribution in [-0.4, -0.2) is 23.0 Å². The Kier molecular flexibility index (Phi) is 8.94. The quantitative estimate of drug-likeness (QED) is 0.492. The molecular weight excluding hydrogens is 287 g/mol. The van der Waals surface area contributed by atoms with Gasteiger partial charge in [0, 0.05) is 0 Å². The van der Waals surface area contributed by atoms with Crippen LogP contribution in [0.1, 0.15) is 44.3 Å². The molecule has 2 rings (SSSR count). The molecule has 118 valence electrons. The average molecular weight is 308 g/mol. The van der Waals surface area contributed by atoms with Crippen LogP contribution in [0.4, 0.5) is 0 Å². The first-order chi connectivity index (χ1) is 10.7. The van der Waals surface area contributed by atoms with E-state index in [1.54, 1.807) is 26.0 Å². The zero-order valence-corrected chi connectivity index (χ0v) is 13.2. The summed E-state index contributed by atoms with van der Waals surface area (Å²) < 4.78 is 4.86. The maximum atomic E-state index is 9.37. The number of hydrogen-bond acceptors (Lipinski definition) is 5. The third kappa shape index (κ3) is 5.22. The molecule has 0 N–H and O–H groups in total. The summed E-state index contributed by atoms with van der Waals surface area (Å²) in [5, 5.41) is 9.37. The molecule has 0 saturated heterocycles. The SMILES string of the molecule is C.CC.[B]OC(=C(C#N)c1ccccc1)c1nc(C)nc(C)n1. The Labute approximate surface area is 139 Å². The second-order valence-corrected chi connectivity index (χ2v) is 4.05. The van der Waals surface area contributed by atoms with Gasteiger partial charge >= 0.3 is 8.05 Å². The molecule has 0 spiro atoms. The van der Waals surface area contributed by atoms with E-state index in [0.717, 1.165) is 0 Å². The lowest BCUT2D eigenvalue weighted by Gasteiger charge is -2.10. The van der Waals surface area contributed by atoms with E-state index in [4.69, 9.17) is 12.7 Å². The van der Waals surface area contributed by atoms with Crippen molar-refractivity contribution in [3.8, 4) is 6.07 Å². The number of aryl methyl sites for hydroxylation is 2. The summed E-state index contributed by atoms with van der Waals surface area (Å²) in [5.74, 6) is 1.45. The van der Waals surface area contributed by atoms with Gasteiger partial charge in [-0.2, -0.15) is 5.26 Å². The third-order valence-corrected chi connectivity index (χ3v) is 2.58. The molecule has 0 bridgehead atoms. The molecule has 1 aromatic heterocycles. The number of nitriles is 1. The highest BCUT2D eigenvalue weighted by Gasteiger charge is 2.15. The summed E-state index contributed by atoms with van der Waals surface area (Å²) in [6.45, 7) is 7.47. The van der Waals surface area contributed by atoms with E-state index in [1.807, 2.05) is 32.0 Å². The minimum absolute atomic E-state index is 0. The normalized spacial score (nSPS) is 10.2. The number of hydrogen-bond donors (Lipinski definition) is 0. The Morgan fingerprint density at radius 3 is 2.00 bits per heavy atom. The van der Waals surface area contributed by atoms with Crippen LogP contribution >= 0.6 is 0 Å². The van der Waals surface area contributed by atoms with Crippen LogP contribution in [0.2, 0.25) is 0 Å². The van der Waals surface area contributed by atoms with Crippen molar-refractivity contribution in [2.75, 3.05) is 0 Å². The van der Waals surface area contributed by atoms with E-state index in [1.165, 1.54) is 0 Å². The van der Waals surface area contributed by atoms with Crippen LogP contribution in [-0.2, 0) is 4.65 Å². The van der Waals surface area contributed by atoms with Crippen LogP contribution in [0, 0.1) is 25.2 Å². The molecule has 0 aliphatic rings. The number of benzene rings is 1. The van der Waals surface area contributed by atoms with Crippen LogP contribution in [0.25, 0.3) is 11.3 Å². The first-order valence-electron chi connectivity index (χ1n) is 6.92. The van der Waals surface area contributed by atoms with Gasteiger partial charge in [0.15, 0.2) is 11.6 Å². The lowest BCUT2D eigenvalue weighted by molar-refractivity contribution is 0.563. The van der Waals surface area contributed by atoms with Crippen molar-refractivity contribution in [3.05, 3.63) is 53.4 Å². The first kappa shape index (κ1) is 20.3. The van der Waals surface area contributed by atoms with E-state index in [0.29, 0.717) is 17.2 Å². The van der Waals surface area contributed by atoms with Gasteiger partial charge in [0.1, 0.15) is 23.3 Å². The third-order valence-electron chi connectivity index (χ3n) is 2.58. The molecule has 0 amide bonds. The molecule has 0 saturated carbocycles. The molecule has 2 radical (unpaired) electrons. The van der Waals surface area contributed by atoms with Crippen molar-refractivity contribution in [1.29, 1.82) is 5.26 Å². The number of allylic oxidation sites excluding steroid dienone is 1. The maximum absolute atomic E-state index is 9.37. The highest BCUT2D eigenvalue weighted by Crippen LogP contribution is 2.24. The van der Waals surface area contributed by atoms with E-state index >= 15 is 0 Å². The van der Waals surface area contributed by atoms with Crippen molar-refractivity contribution >= 4 is 19.4 Å². The summed E-state index contributed by atoms with van der Waals surface area (Å²) in [4.78, 5) is 12.4. The van der Waals surface area contributed by atoms with Gasteiger partial charge in [-0.3, -0.25) is 0 Å². The molecule has 5 nitrogen and oxygen atoms in total. The van der Waals surface area contributed by atoms with Gasteiger partial charge in [-0.15, -0.1) is 0 Å². The van der Waals surface area contributed by atoms with E-state index in [2.05, 4.69) is 21.0 Å². The fourth-order valence-corrected chi connectivity index (χ4v) is 1.79. The highest BCUT2D eigenvalue weighted by molar-refractivity contribution is 6.05. The van der Waals surface area contributed by atoms with Crippen LogP contribution in [0.5, 0.6) is 0 Å². The second-order valence-electron chi connectivity index (χ2n) is 4.05. The second kappa shape index (κ2) is 10.1. The average Bonchev–Trinajstić information content (AvgIpc) is 2.54. The summed E-state index contributed by atoms with van der Waals surface area (Å²) in [7, 11) is 5.31. The monoisotopic (exact) mass is 308 g/mol. The molecule has 0 atom stereocenters. The molecule has 2 aromatic rings. The maximum Gasteiger partial charge on any atom is 0.374 e. The Balaban J connectivity index is 0.00000155. The predicted molar refractivity (Wildman–Crippen MR) is 93.1 cm³/mol. The highest BCUT2D eigenvalue weighted by atomic mass is 16.4. The molecular formula is C17H21BN4O. The van der Waals surface area contributed by atoms with Crippen LogP contribution in [0.3, 0.4) is 0 Å². The molecule has 6 heteroatoms. The van der Waals surface area contributed by atoms with Crippen molar-refractivity contribution in [2.45, 2.75) is 35.1 Å². The topological polar surface area (TPSA) is 71.7 Å². The number of aromatic nitrogens is 3. The zero-order valence-electron chi connectivity index (χ0n) is 13.2. The van der Waals surface area contributed by atoms with E-state index in [-0.39, 0.29) is 24.6 Å². The Morgan fingerprint density at radius 1 is 1.04 bits per heavy atom. The van der Waals surface area contributed by atoms with Gasteiger partial charge in [-0.1, -0.05) is 51.6 Å². The van der Waals surface area contributed by atoms with Crippen molar-refractivity contribution < 1.29 is 4.65 Å². The minimum Gasteiger partial charge on any atom is -0.564 e. The first-order valence-corrected chi connectivity index (χ1v) is 6.92. The molecule has 23 heavy (non-hydrogen) atoms. The van der Waals surface area contributed by atoms with Gasteiger partial charge < -0.3 is 4.65 Å². The summed E-state index contributed by atoms with van der Waals surface area (Å²) in [6, 6.07) is 11.2. The minimum atomic E-state index is 0. The molecule has 0 unspecified atom stereocenters. The summed E-state index contributed by atoms with van der Waals surface area (Å²) in [6.07, 6.45) is 0. The predicted octanol–water partition coefficient (Wildman–Crippen LogP) is 3.64. The largest absolute Gasteiger partial charge is 0.564 e. The molecule has 1 aromatic carbocycles. The van der Waals surface area contributed by atoms with Crippen LogP contribution < -0.4 is 0 Å².